The van der Waals surface area contributed by atoms with Crippen LogP contribution < -0.4 is 0 Å². The van der Waals surface area contributed by atoms with Crippen molar-refractivity contribution in [2.75, 3.05) is 0 Å². The molecule has 2 N–H and O–H groups in total. The summed E-state index contributed by atoms with van der Waals surface area (Å²) < 4.78 is 1.87. The summed E-state index contributed by atoms with van der Waals surface area (Å²) >= 11 is 5.94. The van der Waals surface area contributed by atoms with Gasteiger partial charge in [0.25, 0.3) is 0 Å². The average Bonchev–Trinajstić information content (AvgIpc) is 2.54. The van der Waals surface area contributed by atoms with Crippen molar-refractivity contribution in [3.05, 3.63) is 16.9 Å². The number of fused-ring (bicyclic) bond motifs is 1. The normalized spacial score (nSPS) is 11.6. The lowest BCUT2D eigenvalue weighted by atomic mass is 10.2. The summed E-state index contributed by atoms with van der Waals surface area (Å²) in [7, 11) is 1.86. The van der Waals surface area contributed by atoms with E-state index in [0.717, 1.165) is 5.82 Å². The first-order valence-corrected chi connectivity index (χ1v) is 5.38. The molecule has 0 aliphatic rings. The summed E-state index contributed by atoms with van der Waals surface area (Å²) in [6.07, 6.45) is 0. The molecule has 0 aliphatic carbocycles. The van der Waals surface area contributed by atoms with E-state index in [2.05, 4.69) is 4.98 Å². The van der Waals surface area contributed by atoms with Gasteiger partial charge in [0.05, 0.1) is 5.52 Å². The van der Waals surface area contributed by atoms with Crippen LogP contribution >= 0.6 is 11.6 Å². The third kappa shape index (κ3) is 1.41. The molecule has 0 unspecified atom stereocenters. The molecule has 1 heterocycles. The van der Waals surface area contributed by atoms with Crippen LogP contribution in [0.3, 0.4) is 0 Å². The molecule has 0 aliphatic heterocycles. The van der Waals surface area contributed by atoms with E-state index < -0.39 is 0 Å². The number of nitrogens with zero attached hydrogens (tertiary/aromatic N) is 2. The molecule has 0 fully saturated rings. The molecule has 1 aromatic carbocycles. The second-order valence-corrected chi connectivity index (χ2v) is 4.49. The van der Waals surface area contributed by atoms with Crippen molar-refractivity contribution in [3.63, 3.8) is 0 Å². The first-order chi connectivity index (χ1) is 7.43. The van der Waals surface area contributed by atoms with E-state index >= 15 is 0 Å². The Morgan fingerprint density at radius 3 is 2.56 bits per heavy atom. The third-order valence-corrected chi connectivity index (χ3v) is 2.98. The molecule has 16 heavy (non-hydrogen) atoms. The number of hydrogen-bond donors (Lipinski definition) is 2. The van der Waals surface area contributed by atoms with Crippen LogP contribution in [-0.2, 0) is 7.05 Å². The maximum absolute atomic E-state index is 9.51. The standard InChI is InChI=1S/C11H13ClN2O2/c1-5(2)11-13-9-6(14(11)3)4-7(15)10(16)8(9)12/h4-5,15-16H,1-3H3. The number of aromatic hydroxyl groups is 2. The van der Waals surface area contributed by atoms with Gasteiger partial charge >= 0.3 is 0 Å². The molecule has 86 valence electrons. The van der Waals surface area contributed by atoms with Gasteiger partial charge in [0, 0.05) is 19.0 Å². The van der Waals surface area contributed by atoms with Gasteiger partial charge in [-0.3, -0.25) is 0 Å². The second kappa shape index (κ2) is 3.56. The number of aromatic nitrogens is 2. The van der Waals surface area contributed by atoms with E-state index in [0.29, 0.717) is 11.0 Å². The van der Waals surface area contributed by atoms with Gasteiger partial charge in [0.1, 0.15) is 16.4 Å². The Kier molecular flexibility index (Phi) is 2.46. The molecule has 0 saturated carbocycles. The lowest BCUT2D eigenvalue weighted by Gasteiger charge is -2.05. The number of rotatable bonds is 1. The minimum atomic E-state index is -0.317. The van der Waals surface area contributed by atoms with Gasteiger partial charge in [-0.1, -0.05) is 25.4 Å². The molecule has 2 rings (SSSR count). The fraction of sp³-hybridized carbons (Fsp3) is 0.364. The molecule has 0 radical (unpaired) electrons. The van der Waals surface area contributed by atoms with E-state index in [9.17, 15) is 10.2 Å². The highest BCUT2D eigenvalue weighted by atomic mass is 35.5. The topological polar surface area (TPSA) is 58.3 Å². The summed E-state index contributed by atoms with van der Waals surface area (Å²) in [5, 5.41) is 19.1. The molecule has 0 spiro atoms. The summed E-state index contributed by atoms with van der Waals surface area (Å²) in [6.45, 7) is 4.05. The van der Waals surface area contributed by atoms with Crippen LogP contribution in [0.4, 0.5) is 0 Å². The van der Waals surface area contributed by atoms with Gasteiger partial charge in [0.2, 0.25) is 0 Å². The SMILES string of the molecule is CC(C)c1nc2c(Cl)c(O)c(O)cc2n1C. The van der Waals surface area contributed by atoms with E-state index in [1.807, 2.05) is 25.5 Å². The molecule has 0 amide bonds. The van der Waals surface area contributed by atoms with Crippen LogP contribution in [-0.4, -0.2) is 19.8 Å². The van der Waals surface area contributed by atoms with Gasteiger partial charge in [-0.05, 0) is 0 Å². The molecule has 2 aromatic rings. The number of halogens is 1. The van der Waals surface area contributed by atoms with Crippen molar-refractivity contribution < 1.29 is 10.2 Å². The first-order valence-electron chi connectivity index (χ1n) is 5.00. The van der Waals surface area contributed by atoms with Crippen LogP contribution in [0.2, 0.25) is 5.02 Å². The lowest BCUT2D eigenvalue weighted by Crippen LogP contribution is -1.99. The maximum Gasteiger partial charge on any atom is 0.178 e. The average molecular weight is 241 g/mol. The zero-order valence-electron chi connectivity index (χ0n) is 9.32. The quantitative estimate of drug-likeness (QED) is 0.754. The molecule has 0 saturated heterocycles. The van der Waals surface area contributed by atoms with Crippen molar-refractivity contribution in [3.8, 4) is 11.5 Å². The highest BCUT2D eigenvalue weighted by molar-refractivity contribution is 6.36. The maximum atomic E-state index is 9.51. The van der Waals surface area contributed by atoms with Gasteiger partial charge in [-0.25, -0.2) is 4.98 Å². The second-order valence-electron chi connectivity index (χ2n) is 4.11. The Bertz CT molecular complexity index is 561. The van der Waals surface area contributed by atoms with Crippen molar-refractivity contribution in [2.24, 2.45) is 7.05 Å². The summed E-state index contributed by atoms with van der Waals surface area (Å²) in [6, 6.07) is 1.47. The van der Waals surface area contributed by atoms with E-state index in [4.69, 9.17) is 11.6 Å². The minimum Gasteiger partial charge on any atom is -0.504 e. The van der Waals surface area contributed by atoms with Crippen molar-refractivity contribution >= 4 is 22.6 Å². The molecule has 1 aromatic heterocycles. The van der Waals surface area contributed by atoms with Crippen molar-refractivity contribution in [1.29, 1.82) is 0 Å². The largest absolute Gasteiger partial charge is 0.504 e. The smallest absolute Gasteiger partial charge is 0.178 e. The highest BCUT2D eigenvalue weighted by Crippen LogP contribution is 2.39. The van der Waals surface area contributed by atoms with Crippen LogP contribution in [0.25, 0.3) is 11.0 Å². The third-order valence-electron chi connectivity index (χ3n) is 2.62. The van der Waals surface area contributed by atoms with E-state index in [-0.39, 0.29) is 22.4 Å². The Hall–Kier alpha value is -1.42. The van der Waals surface area contributed by atoms with Crippen molar-refractivity contribution in [1.82, 2.24) is 9.55 Å². The number of phenolic OH excluding ortho intramolecular Hbond substituents is 2. The van der Waals surface area contributed by atoms with Gasteiger partial charge in [-0.15, -0.1) is 0 Å². The molecule has 4 nitrogen and oxygen atoms in total. The molecular formula is C11H13ClN2O2. The number of hydrogen-bond acceptors (Lipinski definition) is 3. The van der Waals surface area contributed by atoms with Crippen LogP contribution in [0.5, 0.6) is 11.5 Å². The molecule has 0 bridgehead atoms. The zero-order valence-corrected chi connectivity index (χ0v) is 10.1. The Balaban J connectivity index is 2.87. The predicted octanol–water partition coefficient (Wildman–Crippen LogP) is 2.76. The van der Waals surface area contributed by atoms with Gasteiger partial charge in [-0.2, -0.15) is 0 Å². The predicted molar refractivity (Wildman–Crippen MR) is 63.1 cm³/mol. The van der Waals surface area contributed by atoms with E-state index in [1.54, 1.807) is 0 Å². The van der Waals surface area contributed by atoms with Gasteiger partial charge in [0.15, 0.2) is 11.5 Å². The monoisotopic (exact) mass is 240 g/mol. The number of benzene rings is 1. The van der Waals surface area contributed by atoms with Crippen LogP contribution in [0.15, 0.2) is 6.07 Å². The Labute approximate surface area is 98.1 Å². The van der Waals surface area contributed by atoms with Gasteiger partial charge < -0.3 is 14.8 Å². The van der Waals surface area contributed by atoms with E-state index in [1.165, 1.54) is 6.07 Å². The summed E-state index contributed by atoms with van der Waals surface area (Å²) in [5.41, 5.74) is 1.23. The van der Waals surface area contributed by atoms with Crippen LogP contribution in [0.1, 0.15) is 25.6 Å². The van der Waals surface area contributed by atoms with Crippen LogP contribution in [0, 0.1) is 0 Å². The zero-order chi connectivity index (χ0) is 12.0. The van der Waals surface area contributed by atoms with Crippen molar-refractivity contribution in [2.45, 2.75) is 19.8 Å². The molecular weight excluding hydrogens is 228 g/mol. The first kappa shape index (κ1) is 11.1. The highest BCUT2D eigenvalue weighted by Gasteiger charge is 2.18. The molecule has 5 heteroatoms. The summed E-state index contributed by atoms with van der Waals surface area (Å²) in [4.78, 5) is 4.37. The number of phenols is 2. The number of aryl methyl sites for hydroxylation is 1. The fourth-order valence-electron chi connectivity index (χ4n) is 1.79. The Morgan fingerprint density at radius 1 is 1.38 bits per heavy atom. The minimum absolute atomic E-state index is 0.0949. The summed E-state index contributed by atoms with van der Waals surface area (Å²) in [5.74, 6) is 0.568. The Morgan fingerprint density at radius 2 is 2.00 bits per heavy atom. The number of imidazole rings is 1. The lowest BCUT2D eigenvalue weighted by molar-refractivity contribution is 0.405. The molecule has 0 atom stereocenters. The fourth-order valence-corrected chi connectivity index (χ4v) is 2.03.